The Kier molecular flexibility index (Phi) is 4.15. The second kappa shape index (κ2) is 6.05. The molecule has 1 aromatic carbocycles. The van der Waals surface area contributed by atoms with E-state index in [0.717, 1.165) is 37.0 Å². The molecular weight excluding hydrogens is 296 g/mol. The number of hydrogen-bond acceptors (Lipinski definition) is 2. The van der Waals surface area contributed by atoms with Crippen LogP contribution < -0.4 is 4.74 Å². The van der Waals surface area contributed by atoms with E-state index in [0.29, 0.717) is 5.92 Å². The van der Waals surface area contributed by atoms with Crippen LogP contribution in [0.1, 0.15) is 75.5 Å². The van der Waals surface area contributed by atoms with Crippen molar-refractivity contribution < 1.29 is 9.84 Å². The van der Waals surface area contributed by atoms with Crippen LogP contribution in [-0.2, 0) is 12.8 Å². The summed E-state index contributed by atoms with van der Waals surface area (Å²) in [5.74, 6) is 3.30. The van der Waals surface area contributed by atoms with Crippen molar-refractivity contribution in [3.8, 4) is 5.75 Å². The lowest BCUT2D eigenvalue weighted by molar-refractivity contribution is -0.0226. The number of ether oxygens (including phenoxy) is 1. The summed E-state index contributed by atoms with van der Waals surface area (Å²) in [6, 6.07) is 4.80. The van der Waals surface area contributed by atoms with Crippen molar-refractivity contribution in [2.24, 2.45) is 17.3 Å². The first-order valence-corrected chi connectivity index (χ1v) is 10.0. The van der Waals surface area contributed by atoms with Crippen molar-refractivity contribution in [2.75, 3.05) is 6.61 Å². The third kappa shape index (κ3) is 2.33. The molecule has 0 saturated heterocycles. The van der Waals surface area contributed by atoms with Gasteiger partial charge in [0, 0.05) is 0 Å². The van der Waals surface area contributed by atoms with E-state index in [4.69, 9.17) is 4.74 Å². The molecule has 0 aromatic heterocycles. The number of hydrogen-bond donors (Lipinski definition) is 1. The highest BCUT2D eigenvalue weighted by molar-refractivity contribution is 5.46. The van der Waals surface area contributed by atoms with Crippen LogP contribution in [0.3, 0.4) is 0 Å². The van der Waals surface area contributed by atoms with Crippen molar-refractivity contribution in [1.29, 1.82) is 0 Å². The van der Waals surface area contributed by atoms with Crippen molar-refractivity contribution in [3.05, 3.63) is 28.8 Å². The summed E-state index contributed by atoms with van der Waals surface area (Å²) in [7, 11) is 0. The van der Waals surface area contributed by atoms with Crippen molar-refractivity contribution in [1.82, 2.24) is 0 Å². The highest BCUT2D eigenvalue weighted by Crippen LogP contribution is 2.61. The van der Waals surface area contributed by atoms with Crippen LogP contribution in [-0.4, -0.2) is 17.8 Å². The van der Waals surface area contributed by atoms with E-state index in [9.17, 15) is 5.11 Å². The first-order valence-electron chi connectivity index (χ1n) is 10.0. The number of rotatable bonds is 3. The van der Waals surface area contributed by atoms with E-state index in [1.54, 1.807) is 5.56 Å². The molecule has 4 rings (SSSR count). The zero-order chi connectivity index (χ0) is 16.9. The minimum Gasteiger partial charge on any atom is -0.494 e. The molecule has 1 N–H and O–H groups in total. The first-order chi connectivity index (χ1) is 11.6. The molecule has 0 heterocycles. The Morgan fingerprint density at radius 2 is 2.00 bits per heavy atom. The van der Waals surface area contributed by atoms with Crippen LogP contribution in [0.5, 0.6) is 5.75 Å². The Hall–Kier alpha value is -1.02. The molecule has 2 saturated carbocycles. The van der Waals surface area contributed by atoms with Gasteiger partial charge in [0.05, 0.1) is 12.7 Å². The number of aryl methyl sites for hydroxylation is 2. The molecule has 2 fully saturated rings. The third-order valence-electron chi connectivity index (χ3n) is 7.54. The van der Waals surface area contributed by atoms with E-state index in [1.165, 1.54) is 43.2 Å². The zero-order valence-electron chi connectivity index (χ0n) is 15.5. The monoisotopic (exact) mass is 328 g/mol. The van der Waals surface area contributed by atoms with Crippen LogP contribution in [0.4, 0.5) is 0 Å². The summed E-state index contributed by atoms with van der Waals surface area (Å²) in [5.41, 5.74) is 4.68. The second-order valence-corrected chi connectivity index (χ2v) is 8.50. The Balaban J connectivity index is 1.69. The van der Waals surface area contributed by atoms with Gasteiger partial charge >= 0.3 is 0 Å². The summed E-state index contributed by atoms with van der Waals surface area (Å²) in [4.78, 5) is 0. The van der Waals surface area contributed by atoms with Gasteiger partial charge in [0.1, 0.15) is 5.75 Å². The van der Waals surface area contributed by atoms with Crippen LogP contribution in [0.25, 0.3) is 0 Å². The summed E-state index contributed by atoms with van der Waals surface area (Å²) < 4.78 is 5.90. The molecule has 3 aliphatic rings. The minimum atomic E-state index is -0.0728. The number of benzene rings is 1. The lowest BCUT2D eigenvalue weighted by Crippen LogP contribution is -2.43. The topological polar surface area (TPSA) is 29.5 Å². The van der Waals surface area contributed by atoms with E-state index >= 15 is 0 Å². The maximum Gasteiger partial charge on any atom is 0.122 e. The molecule has 0 unspecified atom stereocenters. The molecule has 0 amide bonds. The predicted octanol–water partition coefficient (Wildman–Crippen LogP) is 4.86. The maximum absolute atomic E-state index is 10.5. The van der Waals surface area contributed by atoms with Crippen LogP contribution in [0, 0.1) is 17.3 Å². The van der Waals surface area contributed by atoms with Gasteiger partial charge in [0.2, 0.25) is 0 Å². The van der Waals surface area contributed by atoms with Crippen molar-refractivity contribution in [3.63, 3.8) is 0 Å². The van der Waals surface area contributed by atoms with Crippen LogP contribution in [0.2, 0.25) is 0 Å². The molecule has 0 aliphatic heterocycles. The molecule has 0 bridgehead atoms. The molecule has 2 nitrogen and oxygen atoms in total. The lowest BCUT2D eigenvalue weighted by Gasteiger charge is -2.50. The van der Waals surface area contributed by atoms with Crippen LogP contribution >= 0.6 is 0 Å². The number of fused-ring (bicyclic) bond motifs is 5. The fraction of sp³-hybridized carbons (Fsp3) is 0.727. The SMILES string of the molecule is CCOc1cc2c(cc1CC)[C@H]1CC[C@]3(C)[C@@H](O)CC[C@H]3[C@@H]1CC2. The molecule has 3 aliphatic carbocycles. The fourth-order valence-corrected chi connectivity index (χ4v) is 6.18. The predicted molar refractivity (Wildman–Crippen MR) is 97.6 cm³/mol. The number of aliphatic hydroxyl groups is 1. The van der Waals surface area contributed by atoms with E-state index in [1.807, 2.05) is 0 Å². The molecule has 0 radical (unpaired) electrons. The molecule has 1 aromatic rings. The van der Waals surface area contributed by atoms with E-state index in [2.05, 4.69) is 32.9 Å². The molecule has 132 valence electrons. The van der Waals surface area contributed by atoms with Gasteiger partial charge in [-0.25, -0.2) is 0 Å². The van der Waals surface area contributed by atoms with Gasteiger partial charge in [0.15, 0.2) is 0 Å². The molecule has 0 spiro atoms. The van der Waals surface area contributed by atoms with Crippen molar-refractivity contribution in [2.45, 2.75) is 77.7 Å². The zero-order valence-corrected chi connectivity index (χ0v) is 15.5. The lowest BCUT2D eigenvalue weighted by atomic mass is 9.55. The van der Waals surface area contributed by atoms with Gasteiger partial charge in [-0.15, -0.1) is 0 Å². The van der Waals surface area contributed by atoms with Gasteiger partial charge in [-0.2, -0.15) is 0 Å². The second-order valence-electron chi connectivity index (χ2n) is 8.50. The normalized spacial score (nSPS) is 37.5. The Labute approximate surface area is 146 Å². The summed E-state index contributed by atoms with van der Waals surface area (Å²) in [5, 5.41) is 10.5. The summed E-state index contributed by atoms with van der Waals surface area (Å²) in [6.07, 6.45) is 8.13. The largest absolute Gasteiger partial charge is 0.494 e. The quantitative estimate of drug-likeness (QED) is 0.858. The van der Waals surface area contributed by atoms with Gasteiger partial charge in [-0.05, 0) is 97.8 Å². The molecule has 24 heavy (non-hydrogen) atoms. The summed E-state index contributed by atoms with van der Waals surface area (Å²) in [6.45, 7) is 7.41. The van der Waals surface area contributed by atoms with Crippen LogP contribution in [0.15, 0.2) is 12.1 Å². The Morgan fingerprint density at radius 1 is 1.17 bits per heavy atom. The Bertz CT molecular complexity index is 623. The highest BCUT2D eigenvalue weighted by Gasteiger charge is 2.54. The molecule has 2 heteroatoms. The minimum absolute atomic E-state index is 0.0728. The standard InChI is InChI=1S/C22H32O2/c1-4-14-12-18-15(13-20(14)24-5-2)6-7-17-16(18)10-11-22(3)19(17)8-9-21(22)23/h12-13,16-17,19,21,23H,4-11H2,1-3H3/t16-,17+,19-,21-,22-/m0/s1. The van der Waals surface area contributed by atoms with Crippen molar-refractivity contribution >= 4 is 0 Å². The average molecular weight is 328 g/mol. The van der Waals surface area contributed by atoms with Gasteiger partial charge in [-0.1, -0.05) is 19.9 Å². The third-order valence-corrected chi connectivity index (χ3v) is 7.54. The van der Waals surface area contributed by atoms with E-state index < -0.39 is 0 Å². The van der Waals surface area contributed by atoms with Gasteiger partial charge < -0.3 is 9.84 Å². The van der Waals surface area contributed by atoms with Gasteiger partial charge in [-0.3, -0.25) is 0 Å². The number of aliphatic hydroxyl groups excluding tert-OH is 1. The molecule has 5 atom stereocenters. The van der Waals surface area contributed by atoms with Gasteiger partial charge in [0.25, 0.3) is 0 Å². The smallest absolute Gasteiger partial charge is 0.122 e. The average Bonchev–Trinajstić information content (AvgIpc) is 2.89. The first kappa shape index (κ1) is 16.4. The fourth-order valence-electron chi connectivity index (χ4n) is 6.18. The van der Waals surface area contributed by atoms with E-state index in [-0.39, 0.29) is 11.5 Å². The highest BCUT2D eigenvalue weighted by atomic mass is 16.5. The molecular formula is C22H32O2. The summed E-state index contributed by atoms with van der Waals surface area (Å²) >= 11 is 0. The maximum atomic E-state index is 10.5. The Morgan fingerprint density at radius 3 is 2.75 bits per heavy atom.